The number of aliphatic imine (C=N–C) groups is 1. The van der Waals surface area contributed by atoms with Crippen LogP contribution in [0.2, 0.25) is 0 Å². The fraction of sp³-hybridized carbons (Fsp3) is 0.222. The lowest BCUT2D eigenvalue weighted by atomic mass is 10.2. The Morgan fingerprint density at radius 1 is 1.42 bits per heavy atom. The summed E-state index contributed by atoms with van der Waals surface area (Å²) in [5.74, 6) is 0.800. The molecule has 0 fully saturated rings. The summed E-state index contributed by atoms with van der Waals surface area (Å²) in [6.45, 7) is 1.88. The van der Waals surface area contributed by atoms with Crippen molar-refractivity contribution in [2.45, 2.75) is 13.0 Å². The SMILES string of the molecule is CC1Oc2ccccc2N=C1Cl. The third-order valence-electron chi connectivity index (χ3n) is 1.73. The quantitative estimate of drug-likeness (QED) is 0.603. The average molecular weight is 182 g/mol. The molecule has 1 unspecified atom stereocenters. The molecular weight excluding hydrogens is 174 g/mol. The lowest BCUT2D eigenvalue weighted by molar-refractivity contribution is 0.286. The molecule has 1 aliphatic heterocycles. The van der Waals surface area contributed by atoms with E-state index in [9.17, 15) is 0 Å². The molecule has 1 heterocycles. The van der Waals surface area contributed by atoms with Crippen molar-refractivity contribution in [1.82, 2.24) is 0 Å². The van der Waals surface area contributed by atoms with Gasteiger partial charge in [0.15, 0.2) is 0 Å². The highest BCUT2D eigenvalue weighted by molar-refractivity contribution is 6.66. The minimum atomic E-state index is -0.124. The summed E-state index contributed by atoms with van der Waals surface area (Å²) in [4.78, 5) is 4.18. The van der Waals surface area contributed by atoms with Gasteiger partial charge in [-0.1, -0.05) is 23.7 Å². The van der Waals surface area contributed by atoms with Crippen molar-refractivity contribution in [3.05, 3.63) is 24.3 Å². The normalized spacial score (nSPS) is 20.8. The minimum Gasteiger partial charge on any atom is -0.481 e. The van der Waals surface area contributed by atoms with Crippen molar-refractivity contribution >= 4 is 22.5 Å². The zero-order valence-corrected chi connectivity index (χ0v) is 7.38. The molecule has 1 atom stereocenters. The van der Waals surface area contributed by atoms with Gasteiger partial charge in [-0.15, -0.1) is 0 Å². The van der Waals surface area contributed by atoms with Gasteiger partial charge in [0.25, 0.3) is 0 Å². The highest BCUT2D eigenvalue weighted by atomic mass is 35.5. The summed E-state index contributed by atoms with van der Waals surface area (Å²) in [5, 5.41) is 0.508. The molecule has 2 rings (SSSR count). The predicted octanol–water partition coefficient (Wildman–Crippen LogP) is 2.74. The van der Waals surface area contributed by atoms with Crippen LogP contribution in [0.4, 0.5) is 5.69 Å². The van der Waals surface area contributed by atoms with Crippen molar-refractivity contribution in [3.8, 4) is 5.75 Å². The molecule has 0 radical (unpaired) electrons. The van der Waals surface area contributed by atoms with Crippen LogP contribution in [0.15, 0.2) is 29.3 Å². The van der Waals surface area contributed by atoms with Gasteiger partial charge in [-0.3, -0.25) is 0 Å². The first-order valence-corrected chi connectivity index (χ1v) is 4.15. The van der Waals surface area contributed by atoms with Crippen LogP contribution < -0.4 is 4.74 Å². The van der Waals surface area contributed by atoms with Gasteiger partial charge in [0.05, 0.1) is 0 Å². The first kappa shape index (κ1) is 7.62. The summed E-state index contributed by atoms with van der Waals surface area (Å²) >= 11 is 5.82. The van der Waals surface area contributed by atoms with E-state index in [2.05, 4.69) is 4.99 Å². The predicted molar refractivity (Wildman–Crippen MR) is 49.5 cm³/mol. The molecule has 1 aliphatic rings. The van der Waals surface area contributed by atoms with E-state index in [0.29, 0.717) is 5.17 Å². The largest absolute Gasteiger partial charge is 0.481 e. The van der Waals surface area contributed by atoms with E-state index in [-0.39, 0.29) is 6.10 Å². The van der Waals surface area contributed by atoms with Gasteiger partial charge in [-0.2, -0.15) is 0 Å². The Morgan fingerprint density at radius 3 is 3.00 bits per heavy atom. The molecule has 3 heteroatoms. The van der Waals surface area contributed by atoms with Crippen molar-refractivity contribution in [2.24, 2.45) is 4.99 Å². The number of halogens is 1. The van der Waals surface area contributed by atoms with Gasteiger partial charge in [0.1, 0.15) is 22.7 Å². The van der Waals surface area contributed by atoms with Crippen LogP contribution in [0.5, 0.6) is 5.75 Å². The Balaban J connectivity index is 2.49. The molecule has 0 bridgehead atoms. The lowest BCUT2D eigenvalue weighted by Gasteiger charge is -2.19. The second-order valence-electron chi connectivity index (χ2n) is 2.66. The zero-order valence-electron chi connectivity index (χ0n) is 6.62. The van der Waals surface area contributed by atoms with Crippen LogP contribution in [-0.4, -0.2) is 11.3 Å². The van der Waals surface area contributed by atoms with Gasteiger partial charge in [-0.25, -0.2) is 4.99 Å². The molecule has 0 aromatic heterocycles. The van der Waals surface area contributed by atoms with Gasteiger partial charge in [0.2, 0.25) is 0 Å². The molecule has 2 nitrogen and oxygen atoms in total. The fourth-order valence-corrected chi connectivity index (χ4v) is 1.23. The molecular formula is C9H8ClNO. The maximum atomic E-state index is 5.82. The second kappa shape index (κ2) is 2.79. The first-order chi connectivity index (χ1) is 5.77. The van der Waals surface area contributed by atoms with Crippen molar-refractivity contribution in [3.63, 3.8) is 0 Å². The van der Waals surface area contributed by atoms with E-state index in [1.165, 1.54) is 0 Å². The van der Waals surface area contributed by atoms with Crippen molar-refractivity contribution in [2.75, 3.05) is 0 Å². The average Bonchev–Trinajstić information content (AvgIpc) is 2.07. The van der Waals surface area contributed by atoms with Gasteiger partial charge < -0.3 is 4.74 Å². The number of rotatable bonds is 0. The maximum absolute atomic E-state index is 5.82. The standard InChI is InChI=1S/C9H8ClNO/c1-6-9(10)11-7-4-2-3-5-8(7)12-6/h2-6H,1H3. The second-order valence-corrected chi connectivity index (χ2v) is 3.05. The fourth-order valence-electron chi connectivity index (χ4n) is 1.09. The number of benzene rings is 1. The Hall–Kier alpha value is -1.02. The Morgan fingerprint density at radius 2 is 2.17 bits per heavy atom. The molecule has 0 aliphatic carbocycles. The van der Waals surface area contributed by atoms with Crippen LogP contribution in [0.1, 0.15) is 6.92 Å². The van der Waals surface area contributed by atoms with Crippen LogP contribution >= 0.6 is 11.6 Å². The first-order valence-electron chi connectivity index (χ1n) is 3.77. The molecule has 0 saturated carbocycles. The highest BCUT2D eigenvalue weighted by Gasteiger charge is 2.17. The highest BCUT2D eigenvalue weighted by Crippen LogP contribution is 2.32. The smallest absolute Gasteiger partial charge is 0.149 e. The Kier molecular flexibility index (Phi) is 1.77. The molecule has 62 valence electrons. The van der Waals surface area contributed by atoms with Gasteiger partial charge >= 0.3 is 0 Å². The number of hydrogen-bond donors (Lipinski definition) is 0. The van der Waals surface area contributed by atoms with E-state index in [4.69, 9.17) is 16.3 Å². The van der Waals surface area contributed by atoms with E-state index >= 15 is 0 Å². The third kappa shape index (κ3) is 1.18. The van der Waals surface area contributed by atoms with Gasteiger partial charge in [-0.05, 0) is 19.1 Å². The van der Waals surface area contributed by atoms with E-state index in [1.807, 2.05) is 31.2 Å². The molecule has 0 spiro atoms. The van der Waals surface area contributed by atoms with Crippen LogP contribution in [0.3, 0.4) is 0 Å². The Bertz CT molecular complexity index is 335. The summed E-state index contributed by atoms with van der Waals surface area (Å²) in [6, 6.07) is 7.59. The topological polar surface area (TPSA) is 21.6 Å². The van der Waals surface area contributed by atoms with E-state index in [1.54, 1.807) is 0 Å². The molecule has 0 saturated heterocycles. The number of nitrogens with zero attached hydrogens (tertiary/aromatic N) is 1. The molecule has 1 aromatic carbocycles. The molecule has 0 N–H and O–H groups in total. The summed E-state index contributed by atoms with van der Waals surface area (Å²) < 4.78 is 5.48. The van der Waals surface area contributed by atoms with Crippen molar-refractivity contribution < 1.29 is 4.74 Å². The van der Waals surface area contributed by atoms with E-state index in [0.717, 1.165) is 11.4 Å². The minimum absolute atomic E-state index is 0.124. The summed E-state index contributed by atoms with van der Waals surface area (Å²) in [5.41, 5.74) is 0.806. The number of hydrogen-bond acceptors (Lipinski definition) is 2. The van der Waals surface area contributed by atoms with Crippen LogP contribution in [-0.2, 0) is 0 Å². The van der Waals surface area contributed by atoms with Gasteiger partial charge in [0, 0.05) is 0 Å². The third-order valence-corrected chi connectivity index (χ3v) is 2.12. The van der Waals surface area contributed by atoms with Crippen LogP contribution in [0.25, 0.3) is 0 Å². The Labute approximate surface area is 75.8 Å². The number of ether oxygens (including phenoxy) is 1. The summed E-state index contributed by atoms with van der Waals surface area (Å²) in [6.07, 6.45) is -0.124. The monoisotopic (exact) mass is 181 g/mol. The molecule has 12 heavy (non-hydrogen) atoms. The molecule has 0 amide bonds. The number of para-hydroxylation sites is 2. The zero-order chi connectivity index (χ0) is 8.55. The lowest BCUT2D eigenvalue weighted by Crippen LogP contribution is -2.21. The molecule has 1 aromatic rings. The van der Waals surface area contributed by atoms with Crippen LogP contribution in [0, 0.1) is 0 Å². The maximum Gasteiger partial charge on any atom is 0.149 e. The summed E-state index contributed by atoms with van der Waals surface area (Å²) in [7, 11) is 0. The van der Waals surface area contributed by atoms with Crippen molar-refractivity contribution in [1.29, 1.82) is 0 Å². The number of fused-ring (bicyclic) bond motifs is 1. The van der Waals surface area contributed by atoms with E-state index < -0.39 is 0 Å².